The predicted octanol–water partition coefficient (Wildman–Crippen LogP) is 0.489. The fourth-order valence-corrected chi connectivity index (χ4v) is 6.27. The number of piperidine rings is 3. The number of nitrogens with zero attached hydrogens (tertiary/aromatic N) is 3. The Balaban J connectivity index is 1.18. The van der Waals surface area contributed by atoms with Crippen LogP contribution >= 0.6 is 0 Å². The zero-order valence-electron chi connectivity index (χ0n) is 19.8. The van der Waals surface area contributed by atoms with Crippen LogP contribution in [0.5, 0.6) is 0 Å². The molecule has 9 nitrogen and oxygen atoms in total. The van der Waals surface area contributed by atoms with Gasteiger partial charge in [0.05, 0.1) is 16.8 Å². The van der Waals surface area contributed by atoms with Crippen LogP contribution in [-0.2, 0) is 9.59 Å². The molecule has 5 saturated heterocycles. The highest BCUT2D eigenvalue weighted by molar-refractivity contribution is 6.23. The lowest BCUT2D eigenvalue weighted by atomic mass is 9.85. The molecule has 0 saturated carbocycles. The summed E-state index contributed by atoms with van der Waals surface area (Å²) in [7, 11) is 0. The number of imide groups is 2. The van der Waals surface area contributed by atoms with Gasteiger partial charge in [-0.15, -0.1) is 0 Å². The standard InChI is InChI=1S/C24H28FN5O4/c25-18-8-16-17(24(34)30(23(16)33)19-1-2-21(31)27-22(19)32)9-20(18)29-14-7-15(29)12-28(11-14)10-13-3-5-26-6-4-13/h8-9,13-15,19,26H,1-7,10-12H2,(H,27,31,32)/i/hD. The molecule has 4 amide bonds. The van der Waals surface area contributed by atoms with Crippen molar-refractivity contribution in [1.82, 2.24) is 20.4 Å². The second kappa shape index (κ2) is 8.13. The van der Waals surface area contributed by atoms with Crippen molar-refractivity contribution in [1.29, 1.82) is 0 Å². The van der Waals surface area contributed by atoms with Crippen LogP contribution in [0.4, 0.5) is 10.1 Å². The number of carbonyl (C=O) groups is 4. The van der Waals surface area contributed by atoms with E-state index >= 15 is 4.39 Å². The summed E-state index contributed by atoms with van der Waals surface area (Å²) in [6, 6.07) is 1.82. The molecule has 180 valence electrons. The molecule has 3 atom stereocenters. The van der Waals surface area contributed by atoms with E-state index in [1.54, 1.807) is 5.31 Å². The number of anilines is 1. The lowest BCUT2D eigenvalue weighted by Gasteiger charge is -2.58. The number of halogens is 1. The monoisotopic (exact) mass is 470 g/mol. The van der Waals surface area contributed by atoms with Crippen molar-refractivity contribution >= 4 is 29.3 Å². The Bertz CT molecular complexity index is 1110. The van der Waals surface area contributed by atoms with Gasteiger partial charge in [0.1, 0.15) is 13.3 Å². The van der Waals surface area contributed by atoms with E-state index in [1.807, 2.05) is 4.90 Å². The van der Waals surface area contributed by atoms with Gasteiger partial charge >= 0.3 is 0 Å². The first-order valence-electron chi connectivity index (χ1n) is 12.5. The van der Waals surface area contributed by atoms with Gasteiger partial charge in [-0.3, -0.25) is 34.3 Å². The van der Waals surface area contributed by atoms with Crippen molar-refractivity contribution in [2.24, 2.45) is 5.92 Å². The van der Waals surface area contributed by atoms with E-state index in [1.165, 1.54) is 6.07 Å². The van der Waals surface area contributed by atoms with Gasteiger partial charge in [0.15, 0.2) is 0 Å². The Morgan fingerprint density at radius 2 is 1.68 bits per heavy atom. The second-order valence-electron chi connectivity index (χ2n) is 10.1. The zero-order valence-corrected chi connectivity index (χ0v) is 18.8. The molecule has 0 radical (unpaired) electrons. The van der Waals surface area contributed by atoms with Crippen LogP contribution < -0.4 is 15.5 Å². The number of hydrogen-bond acceptors (Lipinski definition) is 7. The number of benzene rings is 1. The Hall–Kier alpha value is -2.85. The first kappa shape index (κ1) is 20.5. The van der Waals surface area contributed by atoms with Crippen molar-refractivity contribution in [3.8, 4) is 0 Å². The minimum atomic E-state index is -1.06. The molecule has 1 aromatic rings. The Kier molecular flexibility index (Phi) is 4.90. The molecular weight excluding hydrogens is 441 g/mol. The Morgan fingerprint density at radius 1 is 1.00 bits per heavy atom. The van der Waals surface area contributed by atoms with Gasteiger partial charge in [-0.25, -0.2) is 4.39 Å². The molecule has 2 bridgehead atoms. The van der Waals surface area contributed by atoms with E-state index in [2.05, 4.69) is 10.2 Å². The number of hydrogen-bond donors (Lipinski definition) is 2. The molecule has 7 rings (SSSR count). The quantitative estimate of drug-likeness (QED) is 0.618. The summed E-state index contributed by atoms with van der Waals surface area (Å²) in [6.45, 7) is 4.25. The predicted molar refractivity (Wildman–Crippen MR) is 120 cm³/mol. The third kappa shape index (κ3) is 3.42. The molecule has 10 heteroatoms. The van der Waals surface area contributed by atoms with Crippen LogP contribution in [0.2, 0.25) is 1.41 Å². The van der Waals surface area contributed by atoms with Gasteiger partial charge in [-0.2, -0.15) is 0 Å². The van der Waals surface area contributed by atoms with E-state index in [-0.39, 0.29) is 36.1 Å². The minimum Gasteiger partial charge on any atom is -0.360 e. The van der Waals surface area contributed by atoms with Gasteiger partial charge in [-0.1, -0.05) is 0 Å². The molecule has 34 heavy (non-hydrogen) atoms. The number of amides is 4. The van der Waals surface area contributed by atoms with Crippen LogP contribution in [0, 0.1) is 11.7 Å². The number of carbonyl (C=O) groups excluding carboxylic acids is 4. The Morgan fingerprint density at radius 3 is 2.35 bits per heavy atom. The highest BCUT2D eigenvalue weighted by Crippen LogP contribution is 2.41. The summed E-state index contributed by atoms with van der Waals surface area (Å²) < 4.78 is 23.0. The first-order valence-corrected chi connectivity index (χ1v) is 12.1. The Labute approximate surface area is 198 Å². The maximum Gasteiger partial charge on any atom is 0.262 e. The topological polar surface area (TPSA) is 102 Å². The van der Waals surface area contributed by atoms with Crippen molar-refractivity contribution in [2.75, 3.05) is 37.6 Å². The summed E-state index contributed by atoms with van der Waals surface area (Å²) in [4.78, 5) is 55.2. The average molecular weight is 471 g/mol. The SMILES string of the molecule is [2H]N1CCC(CN2CC3CC(C2)N3c2cc3c(cc2F)C(=O)N(C2CCC(=O)NC2=O)C3=O)CC1. The van der Waals surface area contributed by atoms with Crippen molar-refractivity contribution in [2.45, 2.75) is 50.2 Å². The van der Waals surface area contributed by atoms with E-state index in [9.17, 15) is 19.2 Å². The lowest BCUT2D eigenvalue weighted by Crippen LogP contribution is -2.69. The molecule has 2 N–H and O–H groups in total. The molecule has 0 aliphatic carbocycles. The van der Waals surface area contributed by atoms with Crippen molar-refractivity contribution < 1.29 is 25.0 Å². The first-order chi connectivity index (χ1) is 16.8. The van der Waals surface area contributed by atoms with E-state index in [4.69, 9.17) is 1.41 Å². The summed E-state index contributed by atoms with van der Waals surface area (Å²) in [5.74, 6) is -2.38. The number of fused-ring (bicyclic) bond motifs is 3. The zero-order chi connectivity index (χ0) is 24.4. The summed E-state index contributed by atoms with van der Waals surface area (Å²) in [6.07, 6.45) is 3.13. The van der Waals surface area contributed by atoms with E-state index in [0.29, 0.717) is 11.6 Å². The number of nitrogens with one attached hydrogen (secondary N) is 2. The van der Waals surface area contributed by atoms with Gasteiger partial charge in [0.2, 0.25) is 11.8 Å². The summed E-state index contributed by atoms with van der Waals surface area (Å²) in [5, 5.41) is 3.79. The molecule has 0 aromatic heterocycles. The van der Waals surface area contributed by atoms with Gasteiger partial charge in [0, 0.05) is 38.1 Å². The molecule has 1 aromatic carbocycles. The normalized spacial score (nSPS) is 30.9. The van der Waals surface area contributed by atoms with Crippen molar-refractivity contribution in [3.05, 3.63) is 29.1 Å². The third-order valence-electron chi connectivity index (χ3n) is 7.96. The molecule has 3 unspecified atom stereocenters. The van der Waals surface area contributed by atoms with Gasteiger partial charge in [-0.05, 0) is 56.8 Å². The van der Waals surface area contributed by atoms with Crippen molar-refractivity contribution in [3.63, 3.8) is 0 Å². The molecule has 0 spiro atoms. The third-order valence-corrected chi connectivity index (χ3v) is 7.96. The summed E-state index contributed by atoms with van der Waals surface area (Å²) >= 11 is 0. The maximum absolute atomic E-state index is 15.2. The molecular formula is C24H28FN5O4. The fraction of sp³-hybridized carbons (Fsp3) is 0.583. The summed E-state index contributed by atoms with van der Waals surface area (Å²) in [5.41, 5.74) is 0.410. The lowest BCUT2D eigenvalue weighted by molar-refractivity contribution is -0.136. The molecule has 5 fully saturated rings. The number of rotatable bonds is 4. The highest BCUT2D eigenvalue weighted by atomic mass is 19.1. The second-order valence-corrected chi connectivity index (χ2v) is 10.1. The number of piperazine rings is 1. The molecule has 6 aliphatic heterocycles. The largest absolute Gasteiger partial charge is 0.360 e. The van der Waals surface area contributed by atoms with Crippen LogP contribution in [0.1, 0.15) is 52.8 Å². The minimum absolute atomic E-state index is 0.0333. The molecule has 6 heterocycles. The smallest absolute Gasteiger partial charge is 0.262 e. The van der Waals surface area contributed by atoms with Gasteiger partial charge in [0.25, 0.3) is 11.8 Å². The van der Waals surface area contributed by atoms with Crippen LogP contribution in [0.3, 0.4) is 0 Å². The molecule has 6 aliphatic rings. The fourth-order valence-electron chi connectivity index (χ4n) is 6.27. The van der Waals surface area contributed by atoms with Crippen LogP contribution in [0.25, 0.3) is 0 Å². The van der Waals surface area contributed by atoms with E-state index in [0.717, 1.165) is 63.0 Å². The van der Waals surface area contributed by atoms with Gasteiger partial charge < -0.3 is 10.2 Å². The highest BCUT2D eigenvalue weighted by Gasteiger charge is 2.48. The average Bonchev–Trinajstić information content (AvgIpc) is 3.05. The van der Waals surface area contributed by atoms with Crippen LogP contribution in [-0.4, -0.2) is 84.3 Å². The van der Waals surface area contributed by atoms with Crippen LogP contribution in [0.15, 0.2) is 12.1 Å². The van der Waals surface area contributed by atoms with E-state index < -0.39 is 35.5 Å². The maximum atomic E-state index is 15.2.